The molecule has 0 amide bonds. The lowest BCUT2D eigenvalue weighted by molar-refractivity contribution is 0.232. The van der Waals surface area contributed by atoms with Crippen molar-refractivity contribution in [2.75, 3.05) is 39.8 Å². The van der Waals surface area contributed by atoms with E-state index in [-0.39, 0.29) is 0 Å². The predicted octanol–water partition coefficient (Wildman–Crippen LogP) is 2.76. The zero-order valence-corrected chi connectivity index (χ0v) is 17.3. The summed E-state index contributed by atoms with van der Waals surface area (Å²) in [6, 6.07) is 10.3. The van der Waals surface area contributed by atoms with Gasteiger partial charge in [-0.05, 0) is 63.4 Å². The number of aryl methyl sites for hydroxylation is 2. The van der Waals surface area contributed by atoms with E-state index < -0.39 is 0 Å². The molecular weight excluding hydrogens is 348 g/mol. The second-order valence-electron chi connectivity index (χ2n) is 7.45. The number of hydrogen-bond acceptors (Lipinski definition) is 3. The molecule has 0 atom stereocenters. The third-order valence-electron chi connectivity index (χ3n) is 5.33. The van der Waals surface area contributed by atoms with Gasteiger partial charge >= 0.3 is 0 Å². The number of benzene rings is 1. The molecule has 6 heteroatoms. The predicted molar refractivity (Wildman–Crippen MR) is 116 cm³/mol. The first-order chi connectivity index (χ1) is 13.8. The summed E-state index contributed by atoms with van der Waals surface area (Å²) in [6.45, 7) is 7.51. The summed E-state index contributed by atoms with van der Waals surface area (Å²) in [4.78, 5) is 6.87. The topological polar surface area (TPSA) is 57.5 Å². The van der Waals surface area contributed by atoms with Crippen LogP contribution in [0.1, 0.15) is 36.9 Å². The third kappa shape index (κ3) is 6.09. The van der Waals surface area contributed by atoms with Crippen molar-refractivity contribution in [3.63, 3.8) is 0 Å². The van der Waals surface area contributed by atoms with E-state index in [2.05, 4.69) is 50.9 Å². The first-order valence-electron chi connectivity index (χ1n) is 10.5. The Hall–Kier alpha value is -2.34. The van der Waals surface area contributed by atoms with Crippen LogP contribution in [0, 0.1) is 6.92 Å². The van der Waals surface area contributed by atoms with E-state index in [4.69, 9.17) is 0 Å². The summed E-state index contributed by atoms with van der Waals surface area (Å²) in [7, 11) is 1.84. The fourth-order valence-electron chi connectivity index (χ4n) is 3.68. The molecular formula is C22H34N6. The minimum atomic E-state index is 0.897. The van der Waals surface area contributed by atoms with Crippen LogP contribution in [-0.2, 0) is 6.42 Å². The molecule has 1 aliphatic heterocycles. The molecule has 6 nitrogen and oxygen atoms in total. The lowest BCUT2D eigenvalue weighted by atomic mass is 10.1. The van der Waals surface area contributed by atoms with Crippen LogP contribution in [-0.4, -0.2) is 60.4 Å². The highest BCUT2D eigenvalue weighted by molar-refractivity contribution is 5.79. The zero-order chi connectivity index (χ0) is 19.6. The van der Waals surface area contributed by atoms with E-state index in [1.165, 1.54) is 37.9 Å². The largest absolute Gasteiger partial charge is 0.356 e. The van der Waals surface area contributed by atoms with E-state index in [0.717, 1.165) is 49.8 Å². The van der Waals surface area contributed by atoms with E-state index in [9.17, 15) is 0 Å². The molecule has 1 aliphatic rings. The highest BCUT2D eigenvalue weighted by Gasteiger charge is 2.09. The van der Waals surface area contributed by atoms with Gasteiger partial charge in [0.15, 0.2) is 5.96 Å². The standard InChI is InChI=1S/C22H34N6/c1-19-20(18-28(26-19)21-11-5-3-6-12-21)10-9-13-24-22(23-2)25-14-17-27-15-7-4-8-16-27/h3,5-6,11-12,18H,4,7-10,13-17H2,1-2H3,(H2,23,24,25). The van der Waals surface area contributed by atoms with E-state index in [1.54, 1.807) is 0 Å². The molecule has 0 radical (unpaired) electrons. The van der Waals surface area contributed by atoms with Gasteiger partial charge in [-0.1, -0.05) is 24.6 Å². The molecule has 0 saturated carbocycles. The van der Waals surface area contributed by atoms with Crippen LogP contribution < -0.4 is 10.6 Å². The Bertz CT molecular complexity index is 731. The maximum atomic E-state index is 4.65. The number of nitrogens with one attached hydrogen (secondary N) is 2. The van der Waals surface area contributed by atoms with E-state index in [0.29, 0.717) is 0 Å². The number of aliphatic imine (C=N–C) groups is 1. The van der Waals surface area contributed by atoms with Gasteiger partial charge in [0, 0.05) is 32.9 Å². The lowest BCUT2D eigenvalue weighted by Crippen LogP contribution is -2.42. The normalized spacial score (nSPS) is 15.6. The van der Waals surface area contributed by atoms with Crippen LogP contribution in [0.15, 0.2) is 41.5 Å². The Labute approximate surface area is 169 Å². The molecule has 3 rings (SSSR count). The smallest absolute Gasteiger partial charge is 0.191 e. The number of piperidine rings is 1. The van der Waals surface area contributed by atoms with E-state index >= 15 is 0 Å². The quantitative estimate of drug-likeness (QED) is 0.419. The molecule has 1 saturated heterocycles. The molecule has 2 aromatic rings. The molecule has 152 valence electrons. The molecule has 1 fully saturated rings. The van der Waals surface area contributed by atoms with Crippen molar-refractivity contribution in [1.82, 2.24) is 25.3 Å². The minimum Gasteiger partial charge on any atom is -0.356 e. The summed E-state index contributed by atoms with van der Waals surface area (Å²) in [5, 5.41) is 11.5. The van der Waals surface area contributed by atoms with Crippen LogP contribution in [0.2, 0.25) is 0 Å². The maximum absolute atomic E-state index is 4.65. The fourth-order valence-corrected chi connectivity index (χ4v) is 3.68. The Balaban J connectivity index is 1.37. The van der Waals surface area contributed by atoms with Gasteiger partial charge in [0.05, 0.1) is 11.4 Å². The number of aromatic nitrogens is 2. The first-order valence-corrected chi connectivity index (χ1v) is 10.5. The van der Waals surface area contributed by atoms with E-state index in [1.807, 2.05) is 29.9 Å². The summed E-state index contributed by atoms with van der Waals surface area (Å²) in [5.41, 5.74) is 3.51. The summed E-state index contributed by atoms with van der Waals surface area (Å²) in [5.74, 6) is 0.897. The monoisotopic (exact) mass is 382 g/mol. The summed E-state index contributed by atoms with van der Waals surface area (Å²) >= 11 is 0. The maximum Gasteiger partial charge on any atom is 0.191 e. The van der Waals surface area contributed by atoms with Crippen LogP contribution >= 0.6 is 0 Å². The average molecular weight is 383 g/mol. The van der Waals surface area contributed by atoms with Crippen molar-refractivity contribution in [3.8, 4) is 5.69 Å². The van der Waals surface area contributed by atoms with Gasteiger partial charge in [0.1, 0.15) is 0 Å². The second kappa shape index (κ2) is 10.9. The minimum absolute atomic E-state index is 0.897. The number of nitrogens with zero attached hydrogens (tertiary/aromatic N) is 4. The molecule has 0 bridgehead atoms. The highest BCUT2D eigenvalue weighted by atomic mass is 15.3. The van der Waals surface area contributed by atoms with Crippen molar-refractivity contribution in [2.24, 2.45) is 4.99 Å². The molecule has 0 spiro atoms. The number of guanidine groups is 1. The van der Waals surface area contributed by atoms with Crippen molar-refractivity contribution in [3.05, 3.63) is 47.8 Å². The highest BCUT2D eigenvalue weighted by Crippen LogP contribution is 2.13. The Morgan fingerprint density at radius 1 is 1.07 bits per heavy atom. The first kappa shape index (κ1) is 20.4. The summed E-state index contributed by atoms with van der Waals surface area (Å²) in [6.07, 6.45) is 8.28. The summed E-state index contributed by atoms with van der Waals surface area (Å²) < 4.78 is 1.97. The Kier molecular flexibility index (Phi) is 7.91. The van der Waals surface area contributed by atoms with Gasteiger partial charge in [0.2, 0.25) is 0 Å². The molecule has 2 heterocycles. The zero-order valence-electron chi connectivity index (χ0n) is 17.3. The molecule has 1 aromatic heterocycles. The molecule has 0 aliphatic carbocycles. The van der Waals surface area contributed by atoms with Crippen LogP contribution in [0.25, 0.3) is 5.69 Å². The average Bonchev–Trinajstić information content (AvgIpc) is 3.12. The number of rotatable bonds is 8. The molecule has 0 unspecified atom stereocenters. The molecule has 1 aromatic carbocycles. The van der Waals surface area contributed by atoms with Crippen LogP contribution in [0.3, 0.4) is 0 Å². The number of likely N-dealkylation sites (tertiary alicyclic amines) is 1. The molecule has 2 N–H and O–H groups in total. The van der Waals surface area contributed by atoms with Gasteiger partial charge in [0.25, 0.3) is 0 Å². The van der Waals surface area contributed by atoms with Crippen molar-refractivity contribution >= 4 is 5.96 Å². The Morgan fingerprint density at radius 2 is 1.82 bits per heavy atom. The number of hydrogen-bond donors (Lipinski definition) is 2. The SMILES string of the molecule is CN=C(NCCCc1cn(-c2ccccc2)nc1C)NCCN1CCCCC1. The van der Waals surface area contributed by atoms with Crippen LogP contribution in [0.4, 0.5) is 0 Å². The third-order valence-corrected chi connectivity index (χ3v) is 5.33. The lowest BCUT2D eigenvalue weighted by Gasteiger charge is -2.26. The van der Waals surface area contributed by atoms with Gasteiger partial charge in [-0.15, -0.1) is 0 Å². The van der Waals surface area contributed by atoms with Gasteiger partial charge in [-0.25, -0.2) is 4.68 Å². The van der Waals surface area contributed by atoms with Crippen molar-refractivity contribution in [2.45, 2.75) is 39.0 Å². The number of para-hydroxylation sites is 1. The molecule has 28 heavy (non-hydrogen) atoms. The Morgan fingerprint density at radius 3 is 2.57 bits per heavy atom. The van der Waals surface area contributed by atoms with Crippen molar-refractivity contribution in [1.29, 1.82) is 0 Å². The van der Waals surface area contributed by atoms with Gasteiger partial charge in [-0.2, -0.15) is 5.10 Å². The second-order valence-corrected chi connectivity index (χ2v) is 7.45. The fraction of sp³-hybridized carbons (Fsp3) is 0.545. The van der Waals surface area contributed by atoms with Gasteiger partial charge in [-0.3, -0.25) is 4.99 Å². The van der Waals surface area contributed by atoms with Crippen molar-refractivity contribution < 1.29 is 0 Å². The van der Waals surface area contributed by atoms with Crippen LogP contribution in [0.5, 0.6) is 0 Å². The van der Waals surface area contributed by atoms with Gasteiger partial charge < -0.3 is 15.5 Å².